The van der Waals surface area contributed by atoms with Gasteiger partial charge in [-0.1, -0.05) is 12.1 Å². The smallest absolute Gasteiger partial charge is 0.275 e. The monoisotopic (exact) mass is 292 g/mol. The van der Waals surface area contributed by atoms with Crippen LogP contribution in [0.1, 0.15) is 5.56 Å². The zero-order valence-corrected chi connectivity index (χ0v) is 12.4. The molecule has 3 heterocycles. The standard InChI is InChI=1S/C16H22FN3O/c17-15-3-1-14(2-4-15)5-6-18-16(21)13-20-10-7-19(8-11-20)9-12-20/h1-4H,5-13H2/p+1. The van der Waals surface area contributed by atoms with Crippen molar-refractivity contribution in [1.82, 2.24) is 10.2 Å². The van der Waals surface area contributed by atoms with E-state index in [2.05, 4.69) is 10.2 Å². The molecule has 1 N–H and O–H groups in total. The summed E-state index contributed by atoms with van der Waals surface area (Å²) in [5.74, 6) is -0.0738. The van der Waals surface area contributed by atoms with Crippen LogP contribution in [0.25, 0.3) is 0 Å². The Morgan fingerprint density at radius 2 is 1.76 bits per heavy atom. The van der Waals surface area contributed by atoms with Gasteiger partial charge in [0, 0.05) is 26.2 Å². The van der Waals surface area contributed by atoms with E-state index in [0.717, 1.165) is 55.7 Å². The van der Waals surface area contributed by atoms with E-state index in [9.17, 15) is 9.18 Å². The van der Waals surface area contributed by atoms with Crippen LogP contribution >= 0.6 is 0 Å². The summed E-state index contributed by atoms with van der Waals surface area (Å²) in [5.41, 5.74) is 1.05. The van der Waals surface area contributed by atoms with E-state index in [-0.39, 0.29) is 11.7 Å². The summed E-state index contributed by atoms with van der Waals surface area (Å²) in [6, 6.07) is 6.46. The maximum Gasteiger partial charge on any atom is 0.275 e. The molecule has 2 bridgehead atoms. The second-order valence-corrected chi connectivity index (χ2v) is 6.24. The van der Waals surface area contributed by atoms with Crippen molar-refractivity contribution in [1.29, 1.82) is 0 Å². The molecular formula is C16H23FN3O+. The van der Waals surface area contributed by atoms with Crippen molar-refractivity contribution < 1.29 is 13.7 Å². The lowest BCUT2D eigenvalue weighted by atomic mass is 10.1. The topological polar surface area (TPSA) is 32.3 Å². The average molecular weight is 292 g/mol. The average Bonchev–Trinajstić information content (AvgIpc) is 2.50. The normalized spacial score (nSPS) is 27.6. The third kappa shape index (κ3) is 3.60. The van der Waals surface area contributed by atoms with Crippen molar-refractivity contribution in [2.24, 2.45) is 0 Å². The lowest BCUT2D eigenvalue weighted by molar-refractivity contribution is -0.933. The summed E-state index contributed by atoms with van der Waals surface area (Å²) in [6.45, 7) is 7.92. The van der Waals surface area contributed by atoms with Crippen molar-refractivity contribution in [3.63, 3.8) is 0 Å². The van der Waals surface area contributed by atoms with E-state index in [1.54, 1.807) is 12.1 Å². The highest BCUT2D eigenvalue weighted by atomic mass is 19.1. The minimum Gasteiger partial charge on any atom is -0.351 e. The molecule has 3 saturated heterocycles. The van der Waals surface area contributed by atoms with Crippen LogP contribution < -0.4 is 5.32 Å². The lowest BCUT2D eigenvalue weighted by Gasteiger charge is -2.50. The number of hydrogen-bond donors (Lipinski definition) is 1. The Bertz CT molecular complexity index is 481. The number of piperazine rings is 3. The Morgan fingerprint density at radius 3 is 2.38 bits per heavy atom. The molecule has 3 aliphatic heterocycles. The molecule has 1 aromatic rings. The molecule has 0 aliphatic carbocycles. The maximum atomic E-state index is 12.8. The fourth-order valence-corrected chi connectivity index (χ4v) is 3.33. The first-order chi connectivity index (χ1) is 10.2. The number of fused-ring (bicyclic) bond motifs is 3. The van der Waals surface area contributed by atoms with Gasteiger partial charge in [-0.15, -0.1) is 0 Å². The SMILES string of the molecule is O=C(C[N+]12CCN(CC1)CC2)NCCc1ccc(F)cc1. The lowest BCUT2D eigenvalue weighted by Crippen LogP contribution is -2.69. The second-order valence-electron chi connectivity index (χ2n) is 6.24. The molecule has 4 rings (SSSR count). The van der Waals surface area contributed by atoms with Crippen molar-refractivity contribution in [2.75, 3.05) is 52.4 Å². The molecule has 0 saturated carbocycles. The number of halogens is 1. The molecule has 21 heavy (non-hydrogen) atoms. The van der Waals surface area contributed by atoms with E-state index in [1.807, 2.05) is 0 Å². The number of carbonyl (C=O) groups is 1. The minimum atomic E-state index is -0.220. The number of nitrogens with one attached hydrogen (secondary N) is 1. The van der Waals surface area contributed by atoms with E-state index < -0.39 is 0 Å². The third-order valence-corrected chi connectivity index (χ3v) is 4.80. The molecule has 0 spiro atoms. The number of quaternary nitrogens is 1. The van der Waals surface area contributed by atoms with Gasteiger partial charge in [0.15, 0.2) is 6.54 Å². The van der Waals surface area contributed by atoms with Gasteiger partial charge in [-0.05, 0) is 24.1 Å². The van der Waals surface area contributed by atoms with Crippen LogP contribution in [0.3, 0.4) is 0 Å². The largest absolute Gasteiger partial charge is 0.351 e. The van der Waals surface area contributed by atoms with Gasteiger partial charge in [0.1, 0.15) is 5.82 Å². The van der Waals surface area contributed by atoms with Gasteiger partial charge in [0.05, 0.1) is 19.6 Å². The van der Waals surface area contributed by atoms with Crippen molar-refractivity contribution in [3.8, 4) is 0 Å². The first-order valence-electron chi connectivity index (χ1n) is 7.74. The van der Waals surface area contributed by atoms with Crippen molar-refractivity contribution >= 4 is 5.91 Å². The quantitative estimate of drug-likeness (QED) is 0.808. The molecule has 4 nitrogen and oxygen atoms in total. The summed E-state index contributed by atoms with van der Waals surface area (Å²) in [6.07, 6.45) is 0.750. The fraction of sp³-hybridized carbons (Fsp3) is 0.562. The predicted octanol–water partition coefficient (Wildman–Crippen LogP) is 0.630. The van der Waals surface area contributed by atoms with Gasteiger partial charge in [-0.25, -0.2) is 4.39 Å². The van der Waals surface area contributed by atoms with E-state index in [4.69, 9.17) is 0 Å². The predicted molar refractivity (Wildman–Crippen MR) is 79.3 cm³/mol. The molecule has 0 radical (unpaired) electrons. The van der Waals surface area contributed by atoms with Gasteiger partial charge in [0.25, 0.3) is 5.91 Å². The van der Waals surface area contributed by atoms with Crippen LogP contribution in [0, 0.1) is 5.82 Å². The Labute approximate surface area is 125 Å². The third-order valence-electron chi connectivity index (χ3n) is 4.80. The molecule has 1 amide bonds. The van der Waals surface area contributed by atoms with Crippen LogP contribution in [0.15, 0.2) is 24.3 Å². The highest BCUT2D eigenvalue weighted by Crippen LogP contribution is 2.18. The van der Waals surface area contributed by atoms with Crippen molar-refractivity contribution in [3.05, 3.63) is 35.6 Å². The zero-order chi connectivity index (χ0) is 14.7. The molecule has 0 atom stereocenters. The highest BCUT2D eigenvalue weighted by Gasteiger charge is 2.39. The highest BCUT2D eigenvalue weighted by molar-refractivity contribution is 5.77. The van der Waals surface area contributed by atoms with Crippen LogP contribution in [0.4, 0.5) is 4.39 Å². The van der Waals surface area contributed by atoms with Crippen LogP contribution in [-0.2, 0) is 11.2 Å². The molecule has 114 valence electrons. The minimum absolute atomic E-state index is 0.146. The molecule has 0 aromatic heterocycles. The van der Waals surface area contributed by atoms with Gasteiger partial charge < -0.3 is 9.80 Å². The van der Waals surface area contributed by atoms with E-state index in [0.29, 0.717) is 13.1 Å². The Balaban J connectivity index is 1.43. The summed E-state index contributed by atoms with van der Waals surface area (Å²) < 4.78 is 13.8. The summed E-state index contributed by atoms with van der Waals surface area (Å²) >= 11 is 0. The van der Waals surface area contributed by atoms with E-state index in [1.165, 1.54) is 12.1 Å². The Morgan fingerprint density at radius 1 is 1.14 bits per heavy atom. The van der Waals surface area contributed by atoms with Crippen LogP contribution in [-0.4, -0.2) is 67.6 Å². The number of nitrogens with zero attached hydrogens (tertiary/aromatic N) is 2. The molecule has 3 aliphatic rings. The van der Waals surface area contributed by atoms with E-state index >= 15 is 0 Å². The second kappa shape index (κ2) is 6.12. The number of hydrogen-bond acceptors (Lipinski definition) is 2. The molecule has 5 heteroatoms. The molecule has 3 fully saturated rings. The van der Waals surface area contributed by atoms with Crippen molar-refractivity contribution in [2.45, 2.75) is 6.42 Å². The Hall–Kier alpha value is -1.46. The summed E-state index contributed by atoms with van der Waals surface area (Å²) in [5, 5.41) is 3.01. The number of carbonyl (C=O) groups excluding carboxylic acids is 1. The Kier molecular flexibility index (Phi) is 4.22. The van der Waals surface area contributed by atoms with Crippen LogP contribution in [0.2, 0.25) is 0 Å². The summed E-state index contributed by atoms with van der Waals surface area (Å²) in [4.78, 5) is 14.6. The first-order valence-corrected chi connectivity index (χ1v) is 7.74. The molecule has 1 aromatic carbocycles. The number of amides is 1. The number of benzene rings is 1. The maximum absolute atomic E-state index is 12.8. The van der Waals surface area contributed by atoms with Gasteiger partial charge in [0.2, 0.25) is 0 Å². The van der Waals surface area contributed by atoms with Crippen LogP contribution in [0.5, 0.6) is 0 Å². The van der Waals surface area contributed by atoms with Gasteiger partial charge in [-0.3, -0.25) is 9.69 Å². The fourth-order valence-electron chi connectivity index (χ4n) is 3.33. The van der Waals surface area contributed by atoms with Gasteiger partial charge in [-0.2, -0.15) is 0 Å². The first kappa shape index (κ1) is 14.5. The number of rotatable bonds is 5. The molecule has 0 unspecified atom stereocenters. The molecular weight excluding hydrogens is 269 g/mol. The zero-order valence-electron chi connectivity index (χ0n) is 12.4. The van der Waals surface area contributed by atoms with Gasteiger partial charge >= 0.3 is 0 Å². The summed E-state index contributed by atoms with van der Waals surface area (Å²) in [7, 11) is 0.